The molecule has 35 heavy (non-hydrogen) atoms. The first-order valence-electron chi connectivity index (χ1n) is 10.4. The number of alkyl carbamates (subject to hydrolysis) is 1. The third kappa shape index (κ3) is 7.95. The second-order valence-corrected chi connectivity index (χ2v) is 7.42. The third-order valence-corrected chi connectivity index (χ3v) is 4.82. The molecule has 3 aromatic carbocycles. The van der Waals surface area contributed by atoms with Crippen molar-refractivity contribution in [2.75, 3.05) is 7.11 Å². The highest BCUT2D eigenvalue weighted by Gasteiger charge is 2.31. The molecular weight excluding hydrogens is 467 g/mol. The quantitative estimate of drug-likeness (QED) is 0.423. The summed E-state index contributed by atoms with van der Waals surface area (Å²) in [7, 11) is 1.49. The van der Waals surface area contributed by atoms with E-state index in [2.05, 4.69) is 10.1 Å². The normalized spacial score (nSPS) is 11.0. The van der Waals surface area contributed by atoms with E-state index in [-0.39, 0.29) is 19.6 Å². The van der Waals surface area contributed by atoms with Crippen LogP contribution in [-0.2, 0) is 29.1 Å². The van der Waals surface area contributed by atoms with Crippen LogP contribution in [0.2, 0.25) is 0 Å². The molecule has 0 aliphatic heterocycles. The van der Waals surface area contributed by atoms with Gasteiger partial charge < -0.3 is 24.6 Å². The first kappa shape index (κ1) is 25.4. The zero-order chi connectivity index (χ0) is 25.4. The summed E-state index contributed by atoms with van der Waals surface area (Å²) < 4.78 is 51.4. The number of nitrogens with one attached hydrogen (secondary N) is 1. The van der Waals surface area contributed by atoms with Crippen molar-refractivity contribution in [1.29, 1.82) is 0 Å². The van der Waals surface area contributed by atoms with E-state index < -0.39 is 24.2 Å². The number of carboxylic acids is 1. The average molecular weight is 489 g/mol. The fourth-order valence-corrected chi connectivity index (χ4v) is 3.33. The summed E-state index contributed by atoms with van der Waals surface area (Å²) in [5.74, 6) is -0.819. The minimum absolute atomic E-state index is 0.0574. The Morgan fingerprint density at radius 2 is 1.66 bits per heavy atom. The van der Waals surface area contributed by atoms with Crippen LogP contribution in [0.4, 0.5) is 18.0 Å². The van der Waals surface area contributed by atoms with E-state index in [0.717, 1.165) is 23.3 Å². The van der Waals surface area contributed by atoms with Crippen LogP contribution in [0.5, 0.6) is 11.5 Å². The van der Waals surface area contributed by atoms with Gasteiger partial charge in [-0.3, -0.25) is 4.79 Å². The van der Waals surface area contributed by atoms with Gasteiger partial charge in [0.05, 0.1) is 13.5 Å². The molecule has 0 aromatic heterocycles. The lowest BCUT2D eigenvalue weighted by molar-refractivity contribution is -0.274. The fourth-order valence-electron chi connectivity index (χ4n) is 3.33. The Morgan fingerprint density at radius 3 is 2.37 bits per heavy atom. The van der Waals surface area contributed by atoms with E-state index in [4.69, 9.17) is 14.6 Å². The van der Waals surface area contributed by atoms with Gasteiger partial charge in [-0.15, -0.1) is 13.2 Å². The summed E-state index contributed by atoms with van der Waals surface area (Å²) in [6.07, 6.45) is -5.69. The summed E-state index contributed by atoms with van der Waals surface area (Å²) in [5, 5.41) is 11.6. The zero-order valence-electron chi connectivity index (χ0n) is 18.6. The molecule has 0 spiro atoms. The summed E-state index contributed by atoms with van der Waals surface area (Å²) in [4.78, 5) is 23.2. The van der Waals surface area contributed by atoms with Crippen molar-refractivity contribution >= 4 is 12.1 Å². The molecule has 0 unspecified atom stereocenters. The number of amides is 1. The Morgan fingerprint density at radius 1 is 0.943 bits per heavy atom. The molecule has 184 valence electrons. The van der Waals surface area contributed by atoms with Crippen molar-refractivity contribution < 1.29 is 42.1 Å². The maximum atomic E-state index is 12.4. The number of benzene rings is 3. The first-order valence-corrected chi connectivity index (χ1v) is 10.4. The maximum absolute atomic E-state index is 12.4. The van der Waals surface area contributed by atoms with E-state index in [1.807, 2.05) is 12.1 Å². The van der Waals surface area contributed by atoms with Crippen LogP contribution in [0, 0.1) is 0 Å². The van der Waals surface area contributed by atoms with Crippen LogP contribution < -0.4 is 14.8 Å². The number of aliphatic carboxylic acids is 1. The topological polar surface area (TPSA) is 94.1 Å². The molecule has 0 radical (unpaired) electrons. The molecule has 7 nitrogen and oxygen atoms in total. The number of methoxy groups -OCH3 is 1. The Kier molecular flexibility index (Phi) is 8.19. The van der Waals surface area contributed by atoms with Crippen LogP contribution in [0.15, 0.2) is 66.7 Å². The maximum Gasteiger partial charge on any atom is 0.573 e. The summed E-state index contributed by atoms with van der Waals surface area (Å²) >= 11 is 0. The number of carbonyl (C=O) groups is 2. The second-order valence-electron chi connectivity index (χ2n) is 7.42. The van der Waals surface area contributed by atoms with Crippen LogP contribution in [0.25, 0.3) is 11.1 Å². The molecule has 3 rings (SSSR count). The first-order chi connectivity index (χ1) is 16.6. The van der Waals surface area contributed by atoms with Crippen molar-refractivity contribution in [2.45, 2.75) is 25.9 Å². The van der Waals surface area contributed by atoms with Crippen molar-refractivity contribution in [3.8, 4) is 22.6 Å². The predicted octanol–water partition coefficient (Wildman–Crippen LogP) is 5.31. The van der Waals surface area contributed by atoms with Gasteiger partial charge in [0.2, 0.25) is 0 Å². The highest BCUT2D eigenvalue weighted by atomic mass is 19.4. The van der Waals surface area contributed by atoms with Gasteiger partial charge in [0.15, 0.2) is 0 Å². The van der Waals surface area contributed by atoms with Gasteiger partial charge in [0, 0.05) is 12.1 Å². The van der Waals surface area contributed by atoms with Gasteiger partial charge >= 0.3 is 18.4 Å². The Balaban J connectivity index is 1.63. The van der Waals surface area contributed by atoms with Gasteiger partial charge in [-0.05, 0) is 46.5 Å². The SMILES string of the molecule is COc1ccc(-c2cccc(CC(=O)O)c2)cc1CNC(=O)OCc1cccc(OC(F)(F)F)c1. The van der Waals surface area contributed by atoms with Crippen molar-refractivity contribution in [3.63, 3.8) is 0 Å². The molecule has 0 aliphatic carbocycles. The van der Waals surface area contributed by atoms with E-state index in [9.17, 15) is 22.8 Å². The smallest absolute Gasteiger partial charge is 0.496 e. The third-order valence-electron chi connectivity index (χ3n) is 4.82. The monoisotopic (exact) mass is 489 g/mol. The molecule has 1 amide bonds. The molecule has 2 N–H and O–H groups in total. The number of rotatable bonds is 9. The van der Waals surface area contributed by atoms with E-state index in [1.54, 1.807) is 30.3 Å². The number of carbonyl (C=O) groups excluding carboxylic acids is 1. The lowest BCUT2D eigenvalue weighted by atomic mass is 9.99. The second kappa shape index (κ2) is 11.3. The lowest BCUT2D eigenvalue weighted by Gasteiger charge is -2.13. The lowest BCUT2D eigenvalue weighted by Crippen LogP contribution is -2.24. The standard InChI is InChI=1S/C25H22F3NO6/c1-33-22-9-8-19(18-6-2-4-16(10-18)12-23(30)31)13-20(22)14-29-24(32)34-15-17-5-3-7-21(11-17)35-25(26,27)28/h2-11,13H,12,14-15H2,1H3,(H,29,32)(H,30,31). The predicted molar refractivity (Wildman–Crippen MR) is 120 cm³/mol. The number of hydrogen-bond acceptors (Lipinski definition) is 5. The highest BCUT2D eigenvalue weighted by molar-refractivity contribution is 5.73. The molecule has 10 heteroatoms. The molecule has 0 bridgehead atoms. The summed E-state index contributed by atoms with van der Waals surface area (Å²) in [6, 6.07) is 17.6. The zero-order valence-corrected chi connectivity index (χ0v) is 18.6. The molecule has 0 saturated heterocycles. The van der Waals surface area contributed by atoms with Crippen LogP contribution in [0.3, 0.4) is 0 Å². The molecule has 0 heterocycles. The van der Waals surface area contributed by atoms with Crippen molar-refractivity contribution in [1.82, 2.24) is 5.32 Å². The molecule has 0 saturated carbocycles. The average Bonchev–Trinajstić information content (AvgIpc) is 2.80. The molecule has 3 aromatic rings. The summed E-state index contributed by atoms with van der Waals surface area (Å²) in [6.45, 7) is -0.198. The Bertz CT molecular complexity index is 1200. The van der Waals surface area contributed by atoms with E-state index >= 15 is 0 Å². The van der Waals surface area contributed by atoms with Crippen molar-refractivity contribution in [2.24, 2.45) is 0 Å². The Hall–Kier alpha value is -4.21. The largest absolute Gasteiger partial charge is 0.573 e. The van der Waals surface area contributed by atoms with E-state index in [0.29, 0.717) is 22.4 Å². The van der Waals surface area contributed by atoms with Crippen LogP contribution >= 0.6 is 0 Å². The molecule has 0 fully saturated rings. The van der Waals surface area contributed by atoms with Crippen LogP contribution in [-0.4, -0.2) is 30.6 Å². The van der Waals surface area contributed by atoms with Crippen LogP contribution in [0.1, 0.15) is 16.7 Å². The van der Waals surface area contributed by atoms with Gasteiger partial charge in [-0.25, -0.2) is 4.79 Å². The molecular formula is C25H22F3NO6. The fraction of sp³-hybridized carbons (Fsp3) is 0.200. The number of halogens is 3. The van der Waals surface area contributed by atoms with E-state index in [1.165, 1.54) is 19.2 Å². The number of hydrogen-bond donors (Lipinski definition) is 2. The number of ether oxygens (including phenoxy) is 3. The number of alkyl halides is 3. The van der Waals surface area contributed by atoms with Crippen molar-refractivity contribution in [3.05, 3.63) is 83.4 Å². The minimum atomic E-state index is -4.82. The molecule has 0 aliphatic rings. The van der Waals surface area contributed by atoms with Gasteiger partial charge in [0.1, 0.15) is 18.1 Å². The number of carboxylic acid groups (broad SMARTS) is 1. The van der Waals surface area contributed by atoms with Gasteiger partial charge in [0.25, 0.3) is 0 Å². The Labute approximate surface area is 199 Å². The minimum Gasteiger partial charge on any atom is -0.496 e. The van der Waals surface area contributed by atoms with Gasteiger partial charge in [-0.1, -0.05) is 42.5 Å². The highest BCUT2D eigenvalue weighted by Crippen LogP contribution is 2.28. The molecule has 0 atom stereocenters. The van der Waals surface area contributed by atoms with Gasteiger partial charge in [-0.2, -0.15) is 0 Å². The summed E-state index contributed by atoms with van der Waals surface area (Å²) in [5.41, 5.74) is 3.22.